The maximum absolute atomic E-state index is 12.3. The molecule has 0 aliphatic rings. The van der Waals surface area contributed by atoms with Gasteiger partial charge in [-0.15, -0.1) is 0 Å². The second-order valence-corrected chi connectivity index (χ2v) is 7.09. The Labute approximate surface area is 149 Å². The first-order chi connectivity index (χ1) is 10.6. The molecule has 114 valence electrons. The van der Waals surface area contributed by atoms with Crippen LogP contribution in [0.3, 0.4) is 0 Å². The highest BCUT2D eigenvalue weighted by atomic mass is 127. The van der Waals surface area contributed by atoms with E-state index in [4.69, 9.17) is 4.74 Å². The van der Waals surface area contributed by atoms with E-state index in [1.165, 1.54) is 0 Å². The lowest BCUT2D eigenvalue weighted by Crippen LogP contribution is -2.09. The van der Waals surface area contributed by atoms with Gasteiger partial charge in [-0.2, -0.15) is 0 Å². The zero-order valence-electron chi connectivity index (χ0n) is 12.0. The number of nitrogens with one attached hydrogen (secondary N) is 1. The SMILES string of the molecule is CCCCOc1ncc(I)c2[nH]c(=O)c3ccc(Br)cc3c12. The number of fused-ring (bicyclic) bond motifs is 3. The topological polar surface area (TPSA) is 55.0 Å². The molecule has 2 heterocycles. The maximum atomic E-state index is 12.3. The lowest BCUT2D eigenvalue weighted by atomic mass is 10.1. The van der Waals surface area contributed by atoms with E-state index < -0.39 is 0 Å². The summed E-state index contributed by atoms with van der Waals surface area (Å²) >= 11 is 5.65. The van der Waals surface area contributed by atoms with E-state index in [-0.39, 0.29) is 5.56 Å². The molecule has 0 saturated heterocycles. The molecule has 4 nitrogen and oxygen atoms in total. The number of ether oxygens (including phenoxy) is 1. The minimum absolute atomic E-state index is 0.0985. The standard InChI is InChI=1S/C16H14BrIN2O2/c1-2-3-6-22-16-13-11-7-9(17)4-5-10(11)15(21)20-14(13)12(18)8-19-16/h4-5,7-8H,2-3,6H2,1H3,(H,20,21). The Morgan fingerprint density at radius 3 is 2.95 bits per heavy atom. The molecule has 0 atom stereocenters. The second-order valence-electron chi connectivity index (χ2n) is 5.01. The van der Waals surface area contributed by atoms with Gasteiger partial charge in [0.1, 0.15) is 0 Å². The number of pyridine rings is 2. The zero-order chi connectivity index (χ0) is 15.7. The van der Waals surface area contributed by atoms with Crippen molar-refractivity contribution in [3.05, 3.63) is 42.8 Å². The molecule has 0 spiro atoms. The third kappa shape index (κ3) is 2.86. The first kappa shape index (κ1) is 15.7. The van der Waals surface area contributed by atoms with E-state index in [0.29, 0.717) is 17.9 Å². The first-order valence-corrected chi connectivity index (χ1v) is 8.91. The van der Waals surface area contributed by atoms with Gasteiger partial charge in [-0.3, -0.25) is 4.79 Å². The van der Waals surface area contributed by atoms with Crippen LogP contribution in [0, 0.1) is 3.57 Å². The zero-order valence-corrected chi connectivity index (χ0v) is 15.7. The first-order valence-electron chi connectivity index (χ1n) is 7.04. The Morgan fingerprint density at radius 2 is 2.18 bits per heavy atom. The third-order valence-corrected chi connectivity index (χ3v) is 4.78. The summed E-state index contributed by atoms with van der Waals surface area (Å²) in [6.45, 7) is 2.74. The average Bonchev–Trinajstić information content (AvgIpc) is 2.50. The summed E-state index contributed by atoms with van der Waals surface area (Å²) in [4.78, 5) is 19.7. The summed E-state index contributed by atoms with van der Waals surface area (Å²) in [6.07, 6.45) is 3.76. The van der Waals surface area contributed by atoms with Crippen LogP contribution in [0.2, 0.25) is 0 Å². The van der Waals surface area contributed by atoms with Gasteiger partial charge >= 0.3 is 0 Å². The Bertz CT molecular complexity index is 908. The van der Waals surface area contributed by atoms with Crippen LogP contribution in [0.25, 0.3) is 21.7 Å². The van der Waals surface area contributed by atoms with Crippen LogP contribution in [0.5, 0.6) is 5.88 Å². The van der Waals surface area contributed by atoms with E-state index in [0.717, 1.165) is 37.2 Å². The summed E-state index contributed by atoms with van der Waals surface area (Å²) in [5, 5.41) is 2.35. The van der Waals surface area contributed by atoms with Gasteiger partial charge in [0.2, 0.25) is 5.88 Å². The predicted octanol–water partition coefficient (Wildman–Crippen LogP) is 4.62. The van der Waals surface area contributed by atoms with Crippen molar-refractivity contribution in [2.45, 2.75) is 19.8 Å². The number of aromatic nitrogens is 2. The molecule has 22 heavy (non-hydrogen) atoms. The highest BCUT2D eigenvalue weighted by Crippen LogP contribution is 2.32. The lowest BCUT2D eigenvalue weighted by Gasteiger charge is -2.11. The molecule has 1 aromatic carbocycles. The number of aromatic amines is 1. The Balaban J connectivity index is 2.35. The van der Waals surface area contributed by atoms with Crippen LogP contribution in [0.1, 0.15) is 19.8 Å². The van der Waals surface area contributed by atoms with Crippen molar-refractivity contribution in [1.82, 2.24) is 9.97 Å². The van der Waals surface area contributed by atoms with Gasteiger partial charge in [0.05, 0.1) is 21.1 Å². The van der Waals surface area contributed by atoms with Crippen molar-refractivity contribution in [3.63, 3.8) is 0 Å². The number of hydrogen-bond donors (Lipinski definition) is 1. The van der Waals surface area contributed by atoms with Gasteiger partial charge in [0.15, 0.2) is 0 Å². The number of rotatable bonds is 4. The van der Waals surface area contributed by atoms with Crippen LogP contribution >= 0.6 is 38.5 Å². The van der Waals surface area contributed by atoms with Crippen molar-refractivity contribution < 1.29 is 4.74 Å². The average molecular weight is 473 g/mol. The van der Waals surface area contributed by atoms with Crippen molar-refractivity contribution in [2.75, 3.05) is 6.61 Å². The number of hydrogen-bond acceptors (Lipinski definition) is 3. The lowest BCUT2D eigenvalue weighted by molar-refractivity contribution is 0.302. The minimum Gasteiger partial charge on any atom is -0.477 e. The fourth-order valence-electron chi connectivity index (χ4n) is 2.37. The fourth-order valence-corrected chi connectivity index (χ4v) is 3.27. The van der Waals surface area contributed by atoms with Crippen molar-refractivity contribution in [3.8, 4) is 5.88 Å². The molecule has 1 N–H and O–H groups in total. The summed E-state index contributed by atoms with van der Waals surface area (Å²) in [7, 11) is 0. The van der Waals surface area contributed by atoms with Gasteiger partial charge in [-0.05, 0) is 47.2 Å². The molecule has 0 radical (unpaired) electrons. The monoisotopic (exact) mass is 472 g/mol. The summed E-state index contributed by atoms with van der Waals surface area (Å²) in [5.74, 6) is 0.572. The summed E-state index contributed by atoms with van der Waals surface area (Å²) < 4.78 is 7.67. The van der Waals surface area contributed by atoms with E-state index in [9.17, 15) is 4.79 Å². The molecular weight excluding hydrogens is 459 g/mol. The second kappa shape index (κ2) is 6.54. The van der Waals surface area contributed by atoms with E-state index in [1.54, 1.807) is 6.20 Å². The van der Waals surface area contributed by atoms with Gasteiger partial charge in [0, 0.05) is 21.4 Å². The number of benzene rings is 1. The molecule has 6 heteroatoms. The maximum Gasteiger partial charge on any atom is 0.256 e. The number of halogens is 2. The van der Waals surface area contributed by atoms with Crippen LogP contribution in [-0.4, -0.2) is 16.6 Å². The van der Waals surface area contributed by atoms with Crippen molar-refractivity contribution in [1.29, 1.82) is 0 Å². The molecule has 0 amide bonds. The summed E-state index contributed by atoms with van der Waals surface area (Å²) in [6, 6.07) is 5.62. The normalized spacial score (nSPS) is 11.2. The molecule has 0 bridgehead atoms. The van der Waals surface area contributed by atoms with Gasteiger partial charge in [-0.1, -0.05) is 29.3 Å². The van der Waals surface area contributed by atoms with E-state index >= 15 is 0 Å². The Hall–Kier alpha value is -1.15. The van der Waals surface area contributed by atoms with Gasteiger partial charge < -0.3 is 9.72 Å². The summed E-state index contributed by atoms with van der Waals surface area (Å²) in [5.41, 5.74) is 0.677. The molecule has 0 aliphatic carbocycles. The van der Waals surface area contributed by atoms with Crippen molar-refractivity contribution in [2.24, 2.45) is 0 Å². The highest BCUT2D eigenvalue weighted by molar-refractivity contribution is 14.1. The number of H-pyrrole nitrogens is 1. The van der Waals surface area contributed by atoms with Gasteiger partial charge in [0.25, 0.3) is 5.56 Å². The van der Waals surface area contributed by atoms with Gasteiger partial charge in [-0.25, -0.2) is 4.98 Å². The van der Waals surface area contributed by atoms with Crippen LogP contribution in [0.15, 0.2) is 33.7 Å². The van der Waals surface area contributed by atoms with Crippen molar-refractivity contribution >= 4 is 60.2 Å². The largest absolute Gasteiger partial charge is 0.477 e. The molecule has 0 fully saturated rings. The molecule has 3 aromatic rings. The molecule has 0 unspecified atom stereocenters. The third-order valence-electron chi connectivity index (χ3n) is 3.47. The predicted molar refractivity (Wildman–Crippen MR) is 101 cm³/mol. The Morgan fingerprint density at radius 1 is 1.36 bits per heavy atom. The van der Waals surface area contributed by atoms with Crippen LogP contribution < -0.4 is 10.3 Å². The quantitative estimate of drug-likeness (QED) is 0.342. The van der Waals surface area contributed by atoms with Crippen LogP contribution in [-0.2, 0) is 0 Å². The highest BCUT2D eigenvalue weighted by Gasteiger charge is 2.14. The number of unbranched alkanes of at least 4 members (excludes halogenated alkanes) is 1. The Kier molecular flexibility index (Phi) is 4.67. The minimum atomic E-state index is -0.0985. The molecule has 0 aliphatic heterocycles. The number of nitrogens with zero attached hydrogens (tertiary/aromatic N) is 1. The van der Waals surface area contributed by atoms with E-state index in [2.05, 4.69) is 55.4 Å². The smallest absolute Gasteiger partial charge is 0.256 e. The molecular formula is C16H14BrIN2O2. The van der Waals surface area contributed by atoms with E-state index in [1.807, 2.05) is 18.2 Å². The van der Waals surface area contributed by atoms with Crippen LogP contribution in [0.4, 0.5) is 0 Å². The fraction of sp³-hybridized carbons (Fsp3) is 0.250. The molecule has 3 rings (SSSR count). The molecule has 0 saturated carbocycles. The molecule has 2 aromatic heterocycles.